The SMILES string of the molecule is C[C@@]12OC(=O)[C@]1([C@@H](O)[C@@H]1C=CCCC1)CC(=O)[C@@H]2CCBr. The number of allylic oxidation sites excluding steroid dienone is 1. The highest BCUT2D eigenvalue weighted by Gasteiger charge is 2.78. The van der Waals surface area contributed by atoms with Crippen molar-refractivity contribution in [3.8, 4) is 0 Å². The molecule has 2 fully saturated rings. The van der Waals surface area contributed by atoms with Gasteiger partial charge in [-0.1, -0.05) is 28.1 Å². The number of fused-ring (bicyclic) bond motifs is 1. The van der Waals surface area contributed by atoms with Gasteiger partial charge in [-0.05, 0) is 32.6 Å². The fraction of sp³-hybridized carbons (Fsp3) is 0.750. The Balaban J connectivity index is 1.94. The maximum absolute atomic E-state index is 12.4. The van der Waals surface area contributed by atoms with Gasteiger partial charge in [-0.2, -0.15) is 0 Å². The van der Waals surface area contributed by atoms with Crippen molar-refractivity contribution < 1.29 is 19.4 Å². The second kappa shape index (κ2) is 5.20. The van der Waals surface area contributed by atoms with E-state index in [1.807, 2.05) is 13.0 Å². The van der Waals surface area contributed by atoms with Crippen molar-refractivity contribution in [2.45, 2.75) is 50.7 Å². The molecule has 0 radical (unpaired) electrons. The summed E-state index contributed by atoms with van der Waals surface area (Å²) in [4.78, 5) is 24.6. The quantitative estimate of drug-likeness (QED) is 0.477. The summed E-state index contributed by atoms with van der Waals surface area (Å²) >= 11 is 3.36. The summed E-state index contributed by atoms with van der Waals surface area (Å²) in [6.45, 7) is 1.82. The van der Waals surface area contributed by atoms with Crippen LogP contribution in [0.1, 0.15) is 39.0 Å². The van der Waals surface area contributed by atoms with E-state index < -0.39 is 23.1 Å². The number of aliphatic hydroxyl groups is 1. The Labute approximate surface area is 133 Å². The van der Waals surface area contributed by atoms with Crippen molar-refractivity contribution in [1.82, 2.24) is 0 Å². The van der Waals surface area contributed by atoms with Crippen LogP contribution in [0.3, 0.4) is 0 Å². The molecule has 3 rings (SSSR count). The van der Waals surface area contributed by atoms with E-state index in [1.54, 1.807) is 0 Å². The summed E-state index contributed by atoms with van der Waals surface area (Å²) in [5.41, 5.74) is -1.89. The highest BCUT2D eigenvalue weighted by molar-refractivity contribution is 9.09. The Hall–Kier alpha value is -0.680. The molecule has 1 saturated carbocycles. The van der Waals surface area contributed by atoms with Crippen molar-refractivity contribution >= 4 is 27.7 Å². The van der Waals surface area contributed by atoms with Crippen molar-refractivity contribution in [1.29, 1.82) is 0 Å². The predicted octanol–water partition coefficient (Wildman–Crippen LogP) is 2.38. The number of carbonyl (C=O) groups excluding carboxylic acids is 2. The van der Waals surface area contributed by atoms with Crippen LogP contribution in [0.4, 0.5) is 0 Å². The van der Waals surface area contributed by atoms with Gasteiger partial charge in [0.2, 0.25) is 0 Å². The summed E-state index contributed by atoms with van der Waals surface area (Å²) in [7, 11) is 0. The number of aliphatic hydroxyl groups excluding tert-OH is 1. The molecular weight excluding hydrogens is 336 g/mol. The van der Waals surface area contributed by atoms with E-state index >= 15 is 0 Å². The van der Waals surface area contributed by atoms with E-state index in [2.05, 4.69) is 22.0 Å². The predicted molar refractivity (Wildman–Crippen MR) is 80.9 cm³/mol. The van der Waals surface area contributed by atoms with Crippen LogP contribution in [0.2, 0.25) is 0 Å². The molecule has 0 aromatic carbocycles. The Morgan fingerprint density at radius 2 is 2.29 bits per heavy atom. The van der Waals surface area contributed by atoms with E-state index in [-0.39, 0.29) is 24.0 Å². The van der Waals surface area contributed by atoms with Crippen molar-refractivity contribution in [2.75, 3.05) is 5.33 Å². The van der Waals surface area contributed by atoms with E-state index in [0.717, 1.165) is 19.3 Å². The third kappa shape index (κ3) is 1.89. The average Bonchev–Trinajstić information content (AvgIpc) is 2.65. The van der Waals surface area contributed by atoms with Crippen LogP contribution in [-0.4, -0.2) is 33.9 Å². The van der Waals surface area contributed by atoms with E-state index in [1.165, 1.54) is 0 Å². The fourth-order valence-corrected chi connectivity index (χ4v) is 4.86. The number of Topliss-reactive ketones (excluding diaryl/α,β-unsaturated/α-hetero) is 1. The maximum Gasteiger partial charge on any atom is 0.319 e. The summed E-state index contributed by atoms with van der Waals surface area (Å²) in [5.74, 6) is -0.721. The standard InChI is InChI=1S/C16H21BrO4/c1-15-11(7-8-17)12(18)9-16(15,14(20)21-15)13(19)10-5-3-2-4-6-10/h3,5,10-11,13,19H,2,4,6-9H2,1H3/t10-,11+,13+,15+,16-/m1/s1. The molecule has 1 aliphatic heterocycles. The molecule has 1 heterocycles. The number of hydrogen-bond donors (Lipinski definition) is 1. The van der Waals surface area contributed by atoms with Crippen molar-refractivity contribution in [3.63, 3.8) is 0 Å². The summed E-state index contributed by atoms with van der Waals surface area (Å²) in [6, 6.07) is 0. The molecule has 116 valence electrons. The van der Waals surface area contributed by atoms with E-state index in [4.69, 9.17) is 4.74 Å². The molecule has 21 heavy (non-hydrogen) atoms. The minimum atomic E-state index is -1.04. The number of ether oxygens (including phenoxy) is 1. The highest BCUT2D eigenvalue weighted by Crippen LogP contribution is 2.62. The number of alkyl halides is 1. The molecule has 1 N–H and O–H groups in total. The summed E-state index contributed by atoms with van der Waals surface area (Å²) in [6.07, 6.45) is 6.87. The second-order valence-corrected chi connectivity index (χ2v) is 7.40. The Kier molecular flexibility index (Phi) is 3.77. The zero-order chi connectivity index (χ0) is 15.3. The average molecular weight is 357 g/mol. The molecule has 2 aliphatic carbocycles. The summed E-state index contributed by atoms with van der Waals surface area (Å²) < 4.78 is 5.44. The van der Waals surface area contributed by atoms with Gasteiger partial charge in [0, 0.05) is 17.7 Å². The number of rotatable bonds is 4. The number of ketones is 1. The molecule has 5 atom stereocenters. The van der Waals surface area contributed by atoms with Gasteiger partial charge in [0.25, 0.3) is 0 Å². The first-order valence-corrected chi connectivity index (χ1v) is 8.76. The Morgan fingerprint density at radius 3 is 2.86 bits per heavy atom. The van der Waals surface area contributed by atoms with Gasteiger partial charge in [0.15, 0.2) is 0 Å². The van der Waals surface area contributed by atoms with Gasteiger partial charge in [0.1, 0.15) is 16.8 Å². The van der Waals surface area contributed by atoms with Crippen LogP contribution >= 0.6 is 15.9 Å². The lowest BCUT2D eigenvalue weighted by Crippen LogP contribution is -2.70. The minimum Gasteiger partial charge on any atom is -0.457 e. The van der Waals surface area contributed by atoms with Gasteiger partial charge < -0.3 is 9.84 Å². The topological polar surface area (TPSA) is 63.6 Å². The number of carbonyl (C=O) groups is 2. The lowest BCUT2D eigenvalue weighted by molar-refractivity contribution is -0.262. The molecule has 0 aromatic heterocycles. The molecule has 5 heteroatoms. The molecule has 4 nitrogen and oxygen atoms in total. The van der Waals surface area contributed by atoms with Gasteiger partial charge in [-0.3, -0.25) is 9.59 Å². The summed E-state index contributed by atoms with van der Waals surface area (Å²) in [5, 5.41) is 11.6. The molecular formula is C16H21BrO4. The van der Waals surface area contributed by atoms with Gasteiger partial charge >= 0.3 is 5.97 Å². The lowest BCUT2D eigenvalue weighted by Gasteiger charge is -2.55. The van der Waals surface area contributed by atoms with Crippen LogP contribution in [0.5, 0.6) is 0 Å². The smallest absolute Gasteiger partial charge is 0.319 e. The van der Waals surface area contributed by atoms with Gasteiger partial charge in [-0.15, -0.1) is 0 Å². The third-order valence-electron chi connectivity index (χ3n) is 5.66. The first kappa shape index (κ1) is 15.2. The molecule has 0 spiro atoms. The van der Waals surface area contributed by atoms with Crippen LogP contribution in [0.25, 0.3) is 0 Å². The zero-order valence-corrected chi connectivity index (χ0v) is 13.8. The monoisotopic (exact) mass is 356 g/mol. The van der Waals surface area contributed by atoms with Crippen LogP contribution in [0, 0.1) is 17.3 Å². The zero-order valence-electron chi connectivity index (χ0n) is 12.2. The molecule has 3 aliphatic rings. The van der Waals surface area contributed by atoms with E-state index in [0.29, 0.717) is 11.8 Å². The van der Waals surface area contributed by atoms with E-state index in [9.17, 15) is 14.7 Å². The van der Waals surface area contributed by atoms with Gasteiger partial charge in [0.05, 0.1) is 12.0 Å². The van der Waals surface area contributed by atoms with Gasteiger partial charge in [-0.25, -0.2) is 0 Å². The largest absolute Gasteiger partial charge is 0.457 e. The van der Waals surface area contributed by atoms with Crippen molar-refractivity contribution in [2.24, 2.45) is 17.3 Å². The number of halogens is 1. The third-order valence-corrected chi connectivity index (χ3v) is 6.12. The normalized spacial score (nSPS) is 43.2. The lowest BCUT2D eigenvalue weighted by atomic mass is 9.60. The second-order valence-electron chi connectivity index (χ2n) is 6.61. The molecule has 0 amide bonds. The minimum absolute atomic E-state index is 0.0432. The first-order valence-electron chi connectivity index (χ1n) is 7.64. The molecule has 1 saturated heterocycles. The number of hydrogen-bond acceptors (Lipinski definition) is 4. The van der Waals surface area contributed by atoms with Crippen LogP contribution in [-0.2, 0) is 14.3 Å². The van der Waals surface area contributed by atoms with Crippen LogP contribution < -0.4 is 0 Å². The Bertz CT molecular complexity index is 503. The number of esters is 1. The molecule has 0 aromatic rings. The Morgan fingerprint density at radius 1 is 1.52 bits per heavy atom. The highest BCUT2D eigenvalue weighted by atomic mass is 79.9. The van der Waals surface area contributed by atoms with Crippen molar-refractivity contribution in [3.05, 3.63) is 12.2 Å². The molecule has 0 bridgehead atoms. The van der Waals surface area contributed by atoms with Crippen LogP contribution in [0.15, 0.2) is 12.2 Å². The molecule has 0 unspecified atom stereocenters. The maximum atomic E-state index is 12.4. The first-order chi connectivity index (χ1) is 9.97. The fourth-order valence-electron chi connectivity index (χ4n) is 4.40.